The van der Waals surface area contributed by atoms with Gasteiger partial charge in [0.25, 0.3) is 0 Å². The first-order valence-corrected chi connectivity index (χ1v) is 6.55. The van der Waals surface area contributed by atoms with Crippen LogP contribution in [0, 0.1) is 16.8 Å². The Balaban J connectivity index is 2.40. The lowest BCUT2D eigenvalue weighted by Gasteiger charge is -2.06. The van der Waals surface area contributed by atoms with Gasteiger partial charge in [-0.3, -0.25) is 4.79 Å². The van der Waals surface area contributed by atoms with E-state index in [1.54, 1.807) is 0 Å². The molecule has 0 saturated heterocycles. The number of thiazole rings is 1. The maximum Gasteiger partial charge on any atom is 0.311 e. The highest BCUT2D eigenvalue weighted by molar-refractivity contribution is 7.73. The fraction of sp³-hybridized carbons (Fsp3) is 0.636. The van der Waals surface area contributed by atoms with Gasteiger partial charge in [-0.1, -0.05) is 13.8 Å². The average molecular weight is 259 g/mol. The summed E-state index contributed by atoms with van der Waals surface area (Å²) in [6, 6.07) is 0. The number of hydrogen-bond acceptors (Lipinski definition) is 4. The zero-order valence-corrected chi connectivity index (χ0v) is 11.5. The highest BCUT2D eigenvalue weighted by atomic mass is 32.1. The van der Waals surface area contributed by atoms with Crippen LogP contribution in [0.3, 0.4) is 0 Å². The second kappa shape index (κ2) is 6.15. The van der Waals surface area contributed by atoms with Gasteiger partial charge in [-0.25, -0.2) is 0 Å². The summed E-state index contributed by atoms with van der Waals surface area (Å²) in [5.74, 6) is 0.387. The third kappa shape index (κ3) is 4.45. The Labute approximate surface area is 105 Å². The summed E-state index contributed by atoms with van der Waals surface area (Å²) in [6.45, 7) is 6.64. The molecular formula is C11H17NO2S2. The molecule has 0 atom stereocenters. The lowest BCUT2D eigenvalue weighted by atomic mass is 10.1. The minimum Gasteiger partial charge on any atom is -0.465 e. The van der Waals surface area contributed by atoms with Crippen molar-refractivity contribution in [1.82, 2.24) is 4.98 Å². The van der Waals surface area contributed by atoms with Crippen molar-refractivity contribution >= 4 is 29.5 Å². The molecule has 1 aromatic rings. The molecule has 1 rings (SSSR count). The van der Waals surface area contributed by atoms with Crippen molar-refractivity contribution in [3.8, 4) is 0 Å². The first-order valence-electron chi connectivity index (χ1n) is 5.33. The molecule has 3 nitrogen and oxygen atoms in total. The predicted octanol–water partition coefficient (Wildman–Crippen LogP) is 3.25. The average Bonchev–Trinajstić information content (AvgIpc) is 2.44. The molecule has 0 radical (unpaired) electrons. The second-order valence-corrected chi connectivity index (χ2v) is 5.91. The third-order valence-electron chi connectivity index (χ3n) is 2.19. The lowest BCUT2D eigenvalue weighted by Crippen LogP contribution is -2.10. The summed E-state index contributed by atoms with van der Waals surface area (Å²) in [5, 5.41) is 0. The van der Waals surface area contributed by atoms with Crippen LogP contribution in [-0.2, 0) is 16.0 Å². The van der Waals surface area contributed by atoms with Crippen molar-refractivity contribution < 1.29 is 9.53 Å². The van der Waals surface area contributed by atoms with Gasteiger partial charge in [0.1, 0.15) is 0 Å². The molecule has 0 bridgehead atoms. The van der Waals surface area contributed by atoms with Gasteiger partial charge in [0.2, 0.25) is 0 Å². The highest BCUT2D eigenvalue weighted by Gasteiger charge is 2.09. The maximum absolute atomic E-state index is 11.5. The summed E-state index contributed by atoms with van der Waals surface area (Å²) in [6.07, 6.45) is 1.23. The van der Waals surface area contributed by atoms with Crippen LogP contribution in [-0.4, -0.2) is 17.6 Å². The number of aromatic nitrogens is 1. The molecule has 0 amide bonds. The van der Waals surface area contributed by atoms with E-state index in [1.807, 2.05) is 6.92 Å². The van der Waals surface area contributed by atoms with E-state index in [2.05, 4.69) is 18.8 Å². The zero-order chi connectivity index (χ0) is 12.1. The van der Waals surface area contributed by atoms with Crippen LogP contribution >= 0.6 is 23.6 Å². The van der Waals surface area contributed by atoms with Crippen LogP contribution in [0.25, 0.3) is 0 Å². The number of ether oxygens (including phenoxy) is 1. The van der Waals surface area contributed by atoms with Crippen molar-refractivity contribution in [2.75, 3.05) is 6.61 Å². The molecule has 0 aromatic carbocycles. The molecule has 1 aromatic heterocycles. The molecule has 0 aliphatic heterocycles. The fourth-order valence-corrected chi connectivity index (χ4v) is 2.47. The van der Waals surface area contributed by atoms with Crippen molar-refractivity contribution in [1.29, 1.82) is 0 Å². The number of carbonyl (C=O) groups is 1. The molecule has 0 fully saturated rings. The van der Waals surface area contributed by atoms with Crippen molar-refractivity contribution in [2.24, 2.45) is 5.92 Å². The van der Waals surface area contributed by atoms with E-state index in [9.17, 15) is 4.79 Å². The lowest BCUT2D eigenvalue weighted by molar-refractivity contribution is -0.143. The number of carbonyl (C=O) groups excluding carboxylic acids is 1. The fourth-order valence-electron chi connectivity index (χ4n) is 1.20. The van der Waals surface area contributed by atoms with E-state index in [0.29, 0.717) is 22.9 Å². The molecule has 1 N–H and O–H groups in total. The summed E-state index contributed by atoms with van der Waals surface area (Å²) >= 11 is 6.45. The van der Waals surface area contributed by atoms with Gasteiger partial charge in [0.05, 0.1) is 13.0 Å². The molecule has 0 saturated carbocycles. The molecule has 5 heteroatoms. The van der Waals surface area contributed by atoms with Crippen molar-refractivity contribution in [2.45, 2.75) is 33.6 Å². The van der Waals surface area contributed by atoms with Gasteiger partial charge in [0, 0.05) is 10.6 Å². The van der Waals surface area contributed by atoms with Gasteiger partial charge < -0.3 is 9.72 Å². The Bertz CT molecular complexity index is 406. The Morgan fingerprint density at radius 2 is 2.25 bits per heavy atom. The van der Waals surface area contributed by atoms with E-state index in [0.717, 1.165) is 17.0 Å². The first-order chi connectivity index (χ1) is 7.49. The van der Waals surface area contributed by atoms with Crippen LogP contribution in [0.1, 0.15) is 30.8 Å². The number of aromatic amines is 1. The number of aryl methyl sites for hydroxylation is 1. The second-order valence-electron chi connectivity index (χ2n) is 4.14. The number of H-pyrrole nitrogens is 1. The van der Waals surface area contributed by atoms with Gasteiger partial charge in [-0.05, 0) is 31.5 Å². The Kier molecular flexibility index (Phi) is 5.15. The summed E-state index contributed by atoms with van der Waals surface area (Å²) < 4.78 is 5.85. The molecular weight excluding hydrogens is 242 g/mol. The van der Waals surface area contributed by atoms with Gasteiger partial charge in [-0.2, -0.15) is 0 Å². The summed E-state index contributed by atoms with van der Waals surface area (Å²) in [4.78, 5) is 15.5. The highest BCUT2D eigenvalue weighted by Crippen LogP contribution is 2.15. The van der Waals surface area contributed by atoms with E-state index < -0.39 is 0 Å². The molecule has 0 unspecified atom stereocenters. The SMILES string of the molecule is Cc1[nH]c(=S)sc1CC(=O)OCCC(C)C. The monoisotopic (exact) mass is 259 g/mol. The maximum atomic E-state index is 11.5. The quantitative estimate of drug-likeness (QED) is 0.652. The Morgan fingerprint density at radius 3 is 2.75 bits per heavy atom. The van der Waals surface area contributed by atoms with Crippen LogP contribution in [0.15, 0.2) is 0 Å². The van der Waals surface area contributed by atoms with Crippen molar-refractivity contribution in [3.63, 3.8) is 0 Å². The number of nitrogens with one attached hydrogen (secondary N) is 1. The molecule has 90 valence electrons. The van der Waals surface area contributed by atoms with E-state index in [1.165, 1.54) is 11.3 Å². The summed E-state index contributed by atoms with van der Waals surface area (Å²) in [7, 11) is 0. The van der Waals surface area contributed by atoms with Gasteiger partial charge >= 0.3 is 5.97 Å². The summed E-state index contributed by atoms with van der Waals surface area (Å²) in [5.41, 5.74) is 0.968. The zero-order valence-electron chi connectivity index (χ0n) is 9.83. The van der Waals surface area contributed by atoms with Crippen LogP contribution in [0.4, 0.5) is 0 Å². The van der Waals surface area contributed by atoms with E-state index in [-0.39, 0.29) is 5.97 Å². The third-order valence-corrected chi connectivity index (χ3v) is 3.52. The minimum atomic E-state index is -0.172. The van der Waals surface area contributed by atoms with E-state index in [4.69, 9.17) is 17.0 Å². The topological polar surface area (TPSA) is 42.1 Å². The predicted molar refractivity (Wildman–Crippen MR) is 68.4 cm³/mol. The Hall–Kier alpha value is -0.680. The minimum absolute atomic E-state index is 0.172. The van der Waals surface area contributed by atoms with Crippen LogP contribution in [0.5, 0.6) is 0 Å². The number of hydrogen-bond donors (Lipinski definition) is 1. The first kappa shape index (κ1) is 13.4. The van der Waals surface area contributed by atoms with Gasteiger partial charge in [-0.15, -0.1) is 11.3 Å². The Morgan fingerprint density at radius 1 is 1.56 bits per heavy atom. The standard InChI is InChI=1S/C11H17NO2S2/c1-7(2)4-5-14-10(13)6-9-8(3)12-11(15)16-9/h7H,4-6H2,1-3H3,(H,12,15). The van der Waals surface area contributed by atoms with Crippen LogP contribution < -0.4 is 0 Å². The molecule has 16 heavy (non-hydrogen) atoms. The number of esters is 1. The van der Waals surface area contributed by atoms with Crippen LogP contribution in [0.2, 0.25) is 0 Å². The number of rotatable bonds is 5. The van der Waals surface area contributed by atoms with Gasteiger partial charge in [0.15, 0.2) is 3.95 Å². The van der Waals surface area contributed by atoms with Crippen molar-refractivity contribution in [3.05, 3.63) is 14.5 Å². The molecule has 0 spiro atoms. The molecule has 0 aliphatic rings. The smallest absolute Gasteiger partial charge is 0.311 e. The molecule has 1 heterocycles. The largest absolute Gasteiger partial charge is 0.465 e. The van der Waals surface area contributed by atoms with E-state index >= 15 is 0 Å². The normalized spacial score (nSPS) is 10.8. The molecule has 0 aliphatic carbocycles.